The van der Waals surface area contributed by atoms with Crippen LogP contribution < -0.4 is 5.32 Å². The van der Waals surface area contributed by atoms with Gasteiger partial charge >= 0.3 is 0 Å². The van der Waals surface area contributed by atoms with Gasteiger partial charge in [-0.3, -0.25) is 4.79 Å². The first-order valence-electron chi connectivity index (χ1n) is 6.62. The van der Waals surface area contributed by atoms with Crippen molar-refractivity contribution < 1.29 is 9.53 Å². The number of carbonyl (C=O) groups is 1. The summed E-state index contributed by atoms with van der Waals surface area (Å²) < 4.78 is 5.37. The van der Waals surface area contributed by atoms with Gasteiger partial charge in [-0.05, 0) is 38.0 Å². The molecule has 4 heteroatoms. The van der Waals surface area contributed by atoms with Crippen LogP contribution in [0.25, 0.3) is 0 Å². The van der Waals surface area contributed by atoms with Crippen molar-refractivity contribution in [3.05, 3.63) is 34.9 Å². The normalized spacial score (nSPS) is 12.5. The summed E-state index contributed by atoms with van der Waals surface area (Å²) in [5.74, 6) is 0.00234. The van der Waals surface area contributed by atoms with E-state index in [-0.39, 0.29) is 17.9 Å². The summed E-state index contributed by atoms with van der Waals surface area (Å²) in [4.78, 5) is 11.9. The first kappa shape index (κ1) is 16.0. The first-order valence-corrected chi connectivity index (χ1v) is 7.00. The Kier molecular flexibility index (Phi) is 6.89. The van der Waals surface area contributed by atoms with Crippen molar-refractivity contribution in [1.82, 2.24) is 5.32 Å². The fourth-order valence-corrected chi connectivity index (χ4v) is 1.84. The molecular weight excluding hydrogens is 262 g/mol. The van der Waals surface area contributed by atoms with Crippen LogP contribution in [0.4, 0.5) is 0 Å². The Morgan fingerprint density at radius 3 is 2.47 bits per heavy atom. The molecule has 1 unspecified atom stereocenters. The second-order valence-electron chi connectivity index (χ2n) is 4.94. The lowest BCUT2D eigenvalue weighted by molar-refractivity contribution is -0.124. The van der Waals surface area contributed by atoms with E-state index in [1.54, 1.807) is 0 Å². The average molecular weight is 284 g/mol. The van der Waals surface area contributed by atoms with E-state index in [2.05, 4.69) is 5.32 Å². The number of carbonyl (C=O) groups excluding carboxylic acids is 1. The van der Waals surface area contributed by atoms with Crippen molar-refractivity contribution >= 4 is 17.5 Å². The number of halogens is 1. The van der Waals surface area contributed by atoms with E-state index in [9.17, 15) is 4.79 Å². The number of hydrogen-bond donors (Lipinski definition) is 1. The van der Waals surface area contributed by atoms with E-state index in [4.69, 9.17) is 16.3 Å². The number of rotatable bonds is 7. The Bertz CT molecular complexity index is 390. The molecule has 0 aliphatic heterocycles. The van der Waals surface area contributed by atoms with Crippen molar-refractivity contribution in [2.24, 2.45) is 5.92 Å². The number of ether oxygens (including phenoxy) is 1. The van der Waals surface area contributed by atoms with Crippen LogP contribution in [0, 0.1) is 5.92 Å². The summed E-state index contributed by atoms with van der Waals surface area (Å²) in [6.07, 6.45) is 0.914. The predicted molar refractivity (Wildman–Crippen MR) is 78.4 cm³/mol. The molecule has 1 rings (SSSR count). The molecule has 1 aromatic rings. The molecule has 0 heterocycles. The molecule has 1 amide bonds. The molecule has 0 aliphatic rings. The minimum atomic E-state index is -0.0553. The van der Waals surface area contributed by atoms with Crippen molar-refractivity contribution in [3.63, 3.8) is 0 Å². The molecule has 0 aromatic heterocycles. The maximum Gasteiger partial charge on any atom is 0.223 e. The van der Waals surface area contributed by atoms with Crippen LogP contribution in [0.5, 0.6) is 0 Å². The largest absolute Gasteiger partial charge is 0.377 e. The van der Waals surface area contributed by atoms with Crippen LogP contribution in [0.2, 0.25) is 5.02 Å². The number of amides is 1. The van der Waals surface area contributed by atoms with Gasteiger partial charge in [-0.25, -0.2) is 0 Å². The second-order valence-corrected chi connectivity index (χ2v) is 5.38. The second kappa shape index (κ2) is 8.18. The molecule has 3 nitrogen and oxygen atoms in total. The highest BCUT2D eigenvalue weighted by molar-refractivity contribution is 6.30. The van der Waals surface area contributed by atoms with E-state index in [0.29, 0.717) is 24.6 Å². The lowest BCUT2D eigenvalue weighted by Gasteiger charge is -2.13. The molecule has 0 saturated heterocycles. The van der Waals surface area contributed by atoms with E-state index in [1.165, 1.54) is 0 Å². The van der Waals surface area contributed by atoms with Gasteiger partial charge in [-0.1, -0.05) is 30.7 Å². The van der Waals surface area contributed by atoms with Crippen molar-refractivity contribution in [3.8, 4) is 0 Å². The third-order valence-corrected chi connectivity index (χ3v) is 3.01. The Morgan fingerprint density at radius 1 is 1.26 bits per heavy atom. The average Bonchev–Trinajstić information content (AvgIpc) is 2.36. The SMILES string of the molecule is CC(C)OCCNC(=O)C(C)Cc1ccc(Cl)cc1. The summed E-state index contributed by atoms with van der Waals surface area (Å²) >= 11 is 5.83. The Labute approximate surface area is 120 Å². The zero-order valence-electron chi connectivity index (χ0n) is 11.8. The Balaban J connectivity index is 2.30. The molecule has 106 valence electrons. The van der Waals surface area contributed by atoms with Gasteiger partial charge in [0.2, 0.25) is 5.91 Å². The first-order chi connectivity index (χ1) is 8.99. The van der Waals surface area contributed by atoms with Crippen LogP contribution in [0.15, 0.2) is 24.3 Å². The van der Waals surface area contributed by atoms with Gasteiger partial charge in [-0.2, -0.15) is 0 Å². The molecule has 0 saturated carbocycles. The van der Waals surface area contributed by atoms with Crippen LogP contribution in [-0.4, -0.2) is 25.2 Å². The van der Waals surface area contributed by atoms with Crippen molar-refractivity contribution in [2.75, 3.05) is 13.2 Å². The van der Waals surface area contributed by atoms with Crippen LogP contribution in [-0.2, 0) is 16.0 Å². The monoisotopic (exact) mass is 283 g/mol. The highest BCUT2D eigenvalue weighted by Gasteiger charge is 2.12. The minimum absolute atomic E-state index is 0.0553. The molecule has 1 N–H and O–H groups in total. The Hall–Kier alpha value is -1.06. The van der Waals surface area contributed by atoms with Gasteiger partial charge in [0.15, 0.2) is 0 Å². The predicted octanol–water partition coefficient (Wildman–Crippen LogP) is 3.06. The maximum absolute atomic E-state index is 11.9. The topological polar surface area (TPSA) is 38.3 Å². The summed E-state index contributed by atoms with van der Waals surface area (Å²) in [5, 5.41) is 3.59. The lowest BCUT2D eigenvalue weighted by Crippen LogP contribution is -2.33. The third-order valence-electron chi connectivity index (χ3n) is 2.76. The van der Waals surface area contributed by atoms with Gasteiger partial charge < -0.3 is 10.1 Å². The standard InChI is InChI=1S/C15H22ClNO2/c1-11(2)19-9-8-17-15(18)12(3)10-13-4-6-14(16)7-5-13/h4-7,11-12H,8-10H2,1-3H3,(H,17,18). The van der Waals surface area contributed by atoms with E-state index in [1.807, 2.05) is 45.0 Å². The smallest absolute Gasteiger partial charge is 0.223 e. The molecule has 0 fully saturated rings. The molecule has 1 atom stereocenters. The summed E-state index contributed by atoms with van der Waals surface area (Å²) in [6, 6.07) is 7.60. The highest BCUT2D eigenvalue weighted by atomic mass is 35.5. The number of benzene rings is 1. The maximum atomic E-state index is 11.9. The van der Waals surface area contributed by atoms with Crippen LogP contribution >= 0.6 is 11.6 Å². The zero-order valence-corrected chi connectivity index (χ0v) is 12.5. The van der Waals surface area contributed by atoms with E-state index >= 15 is 0 Å². The van der Waals surface area contributed by atoms with Gasteiger partial charge in [0, 0.05) is 17.5 Å². The fraction of sp³-hybridized carbons (Fsp3) is 0.533. The molecular formula is C15H22ClNO2. The number of nitrogens with one attached hydrogen (secondary N) is 1. The minimum Gasteiger partial charge on any atom is -0.377 e. The van der Waals surface area contributed by atoms with Crippen LogP contribution in [0.3, 0.4) is 0 Å². The van der Waals surface area contributed by atoms with Gasteiger partial charge in [-0.15, -0.1) is 0 Å². The van der Waals surface area contributed by atoms with E-state index in [0.717, 1.165) is 5.56 Å². The molecule has 0 spiro atoms. The molecule has 0 bridgehead atoms. The lowest BCUT2D eigenvalue weighted by atomic mass is 10.0. The van der Waals surface area contributed by atoms with Crippen molar-refractivity contribution in [2.45, 2.75) is 33.3 Å². The van der Waals surface area contributed by atoms with Gasteiger partial charge in [0.1, 0.15) is 0 Å². The molecule has 19 heavy (non-hydrogen) atoms. The quantitative estimate of drug-likeness (QED) is 0.781. The highest BCUT2D eigenvalue weighted by Crippen LogP contribution is 2.13. The fourth-order valence-electron chi connectivity index (χ4n) is 1.71. The molecule has 0 radical (unpaired) electrons. The van der Waals surface area contributed by atoms with Gasteiger partial charge in [0.05, 0.1) is 12.7 Å². The summed E-state index contributed by atoms with van der Waals surface area (Å²) in [5.41, 5.74) is 1.12. The summed E-state index contributed by atoms with van der Waals surface area (Å²) in [6.45, 7) is 6.99. The molecule has 1 aromatic carbocycles. The molecule has 0 aliphatic carbocycles. The Morgan fingerprint density at radius 2 is 1.89 bits per heavy atom. The number of hydrogen-bond acceptors (Lipinski definition) is 2. The van der Waals surface area contributed by atoms with E-state index < -0.39 is 0 Å². The van der Waals surface area contributed by atoms with Crippen molar-refractivity contribution in [1.29, 1.82) is 0 Å². The van der Waals surface area contributed by atoms with Gasteiger partial charge in [0.25, 0.3) is 0 Å². The summed E-state index contributed by atoms with van der Waals surface area (Å²) in [7, 11) is 0. The third kappa shape index (κ3) is 6.60. The van der Waals surface area contributed by atoms with Crippen LogP contribution in [0.1, 0.15) is 26.3 Å². The zero-order chi connectivity index (χ0) is 14.3.